The van der Waals surface area contributed by atoms with Gasteiger partial charge in [0.15, 0.2) is 8.67 Å². The molecule has 0 saturated heterocycles. The van der Waals surface area contributed by atoms with Crippen LogP contribution in [0.2, 0.25) is 0 Å². The molecular formula is C21H8Cl12O5S. The van der Waals surface area contributed by atoms with Crippen LogP contribution in [-0.4, -0.2) is 52.2 Å². The first kappa shape index (κ1) is 30.6. The maximum atomic E-state index is 12.3. The lowest BCUT2D eigenvalue weighted by atomic mass is 9.57. The van der Waals surface area contributed by atoms with Crippen molar-refractivity contribution in [3.05, 3.63) is 49.0 Å². The largest absolute Gasteiger partial charge is 0.478 e. The van der Waals surface area contributed by atoms with E-state index in [2.05, 4.69) is 0 Å². The molecule has 0 spiro atoms. The Hall–Kier alpha value is 1.56. The van der Waals surface area contributed by atoms with Crippen LogP contribution in [0.25, 0.3) is 0 Å². The number of allylic oxidation sites excluding steroid dienone is 4. The zero-order chi connectivity index (χ0) is 29.4. The zero-order valence-corrected chi connectivity index (χ0v) is 27.9. The summed E-state index contributed by atoms with van der Waals surface area (Å²) in [6.45, 7) is 0. The van der Waals surface area contributed by atoms with Crippen LogP contribution in [0.4, 0.5) is 0 Å². The summed E-state index contributed by atoms with van der Waals surface area (Å²) in [7, 11) is -5.11. The van der Waals surface area contributed by atoms with Crippen LogP contribution in [0.1, 0.15) is 33.3 Å². The average molecular weight is 798 g/mol. The SMILES string of the molecule is O=C(O)c1cc2c(cc1S(=O)(=O)O)[C@@H]1[C@H]([C@@H]3[C@H]2[C@]2(Cl)C(Cl)=C(Cl)[C@@]3(Cl)C2(Cl)Cl)[C@]2(Cl)C(Cl)=C(Cl)[C@@]1(Cl)C2(Cl)Cl. The minimum atomic E-state index is -5.11. The Morgan fingerprint density at radius 3 is 1.33 bits per heavy atom. The summed E-state index contributed by atoms with van der Waals surface area (Å²) >= 11 is 82.7. The van der Waals surface area contributed by atoms with Gasteiger partial charge in [0.25, 0.3) is 10.1 Å². The summed E-state index contributed by atoms with van der Waals surface area (Å²) in [5, 5.41) is 9.02. The average Bonchev–Trinajstić information content (AvgIpc) is 3.16. The normalized spacial score (nSPS) is 44.5. The van der Waals surface area contributed by atoms with Crippen molar-refractivity contribution in [3.8, 4) is 0 Å². The van der Waals surface area contributed by atoms with E-state index >= 15 is 0 Å². The number of hydrogen-bond acceptors (Lipinski definition) is 3. The first-order valence-electron chi connectivity index (χ1n) is 10.6. The molecule has 5 aliphatic rings. The van der Waals surface area contributed by atoms with Gasteiger partial charge in [-0.15, -0.1) is 46.4 Å². The number of benzene rings is 1. The van der Waals surface area contributed by atoms with Crippen molar-refractivity contribution in [1.29, 1.82) is 0 Å². The molecule has 5 nitrogen and oxygen atoms in total. The second-order valence-electron chi connectivity index (χ2n) is 10.0. The highest BCUT2D eigenvalue weighted by atomic mass is 35.5. The molecule has 5 aliphatic carbocycles. The molecule has 8 atom stereocenters. The molecule has 2 N–H and O–H groups in total. The van der Waals surface area contributed by atoms with Gasteiger partial charge in [0, 0.05) is 23.7 Å². The predicted molar refractivity (Wildman–Crippen MR) is 156 cm³/mol. The van der Waals surface area contributed by atoms with Gasteiger partial charge < -0.3 is 5.11 Å². The summed E-state index contributed by atoms with van der Waals surface area (Å²) in [5.74, 6) is -6.33. The third-order valence-corrected chi connectivity index (χ3v) is 18.2. The van der Waals surface area contributed by atoms with Crippen LogP contribution in [0.5, 0.6) is 0 Å². The van der Waals surface area contributed by atoms with Crippen molar-refractivity contribution in [1.82, 2.24) is 0 Å². The Kier molecular flexibility index (Phi) is 6.45. The quantitative estimate of drug-likeness (QED) is 0.231. The Morgan fingerprint density at radius 1 is 0.667 bits per heavy atom. The van der Waals surface area contributed by atoms with Crippen LogP contribution in [0.3, 0.4) is 0 Å². The Bertz CT molecular complexity index is 1620. The molecule has 0 heterocycles. The van der Waals surface area contributed by atoms with E-state index in [1.165, 1.54) is 0 Å². The molecule has 1 aromatic carbocycles. The van der Waals surface area contributed by atoms with E-state index in [0.717, 1.165) is 12.1 Å². The van der Waals surface area contributed by atoms with Crippen LogP contribution < -0.4 is 0 Å². The molecule has 0 unspecified atom stereocenters. The fourth-order valence-electron chi connectivity index (χ4n) is 7.31. The molecule has 39 heavy (non-hydrogen) atoms. The van der Waals surface area contributed by atoms with Crippen molar-refractivity contribution in [3.63, 3.8) is 0 Å². The monoisotopic (exact) mass is 792 g/mol. The van der Waals surface area contributed by atoms with Gasteiger partial charge in [-0.05, 0) is 23.3 Å². The van der Waals surface area contributed by atoms with E-state index < -0.39 is 78.4 Å². The van der Waals surface area contributed by atoms with Gasteiger partial charge in [-0.3, -0.25) is 4.55 Å². The van der Waals surface area contributed by atoms with Gasteiger partial charge in [-0.1, -0.05) is 92.8 Å². The second-order valence-corrected chi connectivity index (χ2v) is 18.0. The molecule has 212 valence electrons. The Balaban J connectivity index is 1.84. The highest BCUT2D eigenvalue weighted by Gasteiger charge is 2.91. The maximum absolute atomic E-state index is 12.3. The van der Waals surface area contributed by atoms with Crippen LogP contribution in [-0.2, 0) is 10.1 Å². The van der Waals surface area contributed by atoms with Crippen molar-refractivity contribution in [2.45, 2.75) is 44.9 Å². The fourth-order valence-corrected chi connectivity index (χ4v) is 14.1. The summed E-state index contributed by atoms with van der Waals surface area (Å²) in [4.78, 5) is 3.26. The molecule has 0 radical (unpaired) electrons. The molecule has 1 aromatic rings. The highest BCUT2D eigenvalue weighted by Crippen LogP contribution is 2.88. The van der Waals surface area contributed by atoms with E-state index in [4.69, 9.17) is 139 Å². The van der Waals surface area contributed by atoms with Gasteiger partial charge in [0.1, 0.15) is 24.4 Å². The van der Waals surface area contributed by atoms with Crippen LogP contribution in [0.15, 0.2) is 37.2 Å². The smallest absolute Gasteiger partial charge is 0.337 e. The number of carbonyl (C=O) groups is 1. The minimum Gasteiger partial charge on any atom is -0.478 e. The van der Waals surface area contributed by atoms with E-state index in [-0.39, 0.29) is 31.3 Å². The molecule has 2 saturated carbocycles. The third kappa shape index (κ3) is 2.87. The number of rotatable bonds is 2. The lowest BCUT2D eigenvalue weighted by molar-refractivity contribution is 0.0691. The number of alkyl halides is 8. The van der Waals surface area contributed by atoms with Gasteiger partial charge in [-0.2, -0.15) is 8.42 Å². The van der Waals surface area contributed by atoms with Crippen molar-refractivity contribution in [2.24, 2.45) is 11.8 Å². The first-order chi connectivity index (χ1) is 17.5. The van der Waals surface area contributed by atoms with E-state index in [1.54, 1.807) is 0 Å². The minimum absolute atomic E-state index is 0.0296. The van der Waals surface area contributed by atoms with Crippen LogP contribution >= 0.6 is 139 Å². The molecule has 0 aliphatic heterocycles. The van der Waals surface area contributed by atoms with Gasteiger partial charge in [0.05, 0.1) is 25.7 Å². The van der Waals surface area contributed by atoms with Gasteiger partial charge in [0.2, 0.25) is 0 Å². The molecule has 2 fully saturated rings. The third-order valence-electron chi connectivity index (χ3n) is 8.74. The number of fused-ring (bicyclic) bond motifs is 14. The summed E-state index contributed by atoms with van der Waals surface area (Å²) in [6, 6.07) is 1.92. The van der Waals surface area contributed by atoms with Gasteiger partial charge in [-0.25, -0.2) is 4.79 Å². The van der Waals surface area contributed by atoms with Crippen molar-refractivity contribution >= 4 is 155 Å². The van der Waals surface area contributed by atoms with Crippen molar-refractivity contribution < 1.29 is 22.9 Å². The number of aromatic carboxylic acids is 1. The first-order valence-corrected chi connectivity index (χ1v) is 16.5. The maximum Gasteiger partial charge on any atom is 0.337 e. The topological polar surface area (TPSA) is 91.7 Å². The predicted octanol–water partition coefficient (Wildman–Crippen LogP) is 8.74. The molecule has 18 heteroatoms. The molecule has 0 amide bonds. The van der Waals surface area contributed by atoms with Gasteiger partial charge >= 0.3 is 5.97 Å². The molecule has 4 bridgehead atoms. The fraction of sp³-hybridized carbons (Fsp3) is 0.476. The summed E-state index contributed by atoms with van der Waals surface area (Å²) in [6.07, 6.45) is 0. The molecule has 0 aromatic heterocycles. The summed E-state index contributed by atoms with van der Waals surface area (Å²) in [5.41, 5.74) is -0.688. The van der Waals surface area contributed by atoms with Crippen LogP contribution in [0, 0.1) is 11.8 Å². The molecular weight excluding hydrogens is 790 g/mol. The lowest BCUT2D eigenvalue weighted by Gasteiger charge is -2.52. The van der Waals surface area contributed by atoms with E-state index in [9.17, 15) is 22.9 Å². The second kappa shape index (κ2) is 8.23. The Labute approximate surface area is 281 Å². The lowest BCUT2D eigenvalue weighted by Crippen LogP contribution is -2.53. The molecule has 6 rings (SSSR count). The number of carboxylic acid groups (broad SMARTS) is 1. The van der Waals surface area contributed by atoms with E-state index in [0.29, 0.717) is 0 Å². The number of hydrogen-bond donors (Lipinski definition) is 2. The zero-order valence-electron chi connectivity index (χ0n) is 18.0. The Morgan fingerprint density at radius 2 is 1.00 bits per heavy atom. The van der Waals surface area contributed by atoms with E-state index in [1.807, 2.05) is 0 Å². The highest BCUT2D eigenvalue weighted by molar-refractivity contribution is 7.86. The summed E-state index contributed by atoms with van der Waals surface area (Å²) < 4.78 is 30.3. The number of carboxylic acids is 1. The number of halogens is 12. The van der Waals surface area contributed by atoms with Crippen molar-refractivity contribution in [2.75, 3.05) is 0 Å². The standard InChI is InChI=1S/C21H8Cl12O5S/c22-11-13(24)18(28)9-7(16(11,26)20(18,30)31)3-1-5(15(34)35)6(39(36,37)38)2-4(3)8-10(9)19(29)14(25)12(23)17(8,27)21(19,32)33/h1-2,7-10H,(H,34,35)(H,36,37,38)/t7-,8+,9-,10+,16-,17+,18+,19-/m0/s1.